The lowest BCUT2D eigenvalue weighted by molar-refractivity contribution is 0.264. The Hall–Kier alpha value is -1.09. The third-order valence-corrected chi connectivity index (χ3v) is 3.55. The standard InChI is InChI=1S/C14H22N2O/c1-11-7-8-14(17)13(15-11)10-16(2)9-12-5-3-4-6-12/h7-8,12,17H,3-6,9-10H2,1-2H3. The Morgan fingerprint density at radius 2 is 2.06 bits per heavy atom. The van der Waals surface area contributed by atoms with Crippen molar-refractivity contribution in [2.24, 2.45) is 5.92 Å². The van der Waals surface area contributed by atoms with E-state index < -0.39 is 0 Å². The molecule has 0 amide bonds. The molecule has 3 nitrogen and oxygen atoms in total. The first kappa shape index (κ1) is 12.4. The molecule has 0 aliphatic heterocycles. The molecule has 1 fully saturated rings. The Labute approximate surface area is 103 Å². The van der Waals surface area contributed by atoms with Crippen LogP contribution in [0.5, 0.6) is 5.75 Å². The van der Waals surface area contributed by atoms with Gasteiger partial charge >= 0.3 is 0 Å². The smallest absolute Gasteiger partial charge is 0.138 e. The van der Waals surface area contributed by atoms with Crippen LogP contribution in [0.1, 0.15) is 37.1 Å². The van der Waals surface area contributed by atoms with E-state index in [0.29, 0.717) is 5.75 Å². The van der Waals surface area contributed by atoms with Crippen LogP contribution in [0.25, 0.3) is 0 Å². The number of rotatable bonds is 4. The molecular formula is C14H22N2O. The molecule has 94 valence electrons. The fourth-order valence-electron chi connectivity index (χ4n) is 2.67. The second kappa shape index (κ2) is 5.50. The molecule has 2 rings (SSSR count). The second-order valence-corrected chi connectivity index (χ2v) is 5.27. The SMILES string of the molecule is Cc1ccc(O)c(CN(C)CC2CCCC2)n1. The van der Waals surface area contributed by atoms with Crippen LogP contribution in [0, 0.1) is 12.8 Å². The van der Waals surface area contributed by atoms with Gasteiger partial charge in [0.15, 0.2) is 0 Å². The van der Waals surface area contributed by atoms with Crippen molar-refractivity contribution in [3.05, 3.63) is 23.5 Å². The molecule has 0 radical (unpaired) electrons. The highest BCUT2D eigenvalue weighted by Gasteiger charge is 2.17. The zero-order valence-corrected chi connectivity index (χ0v) is 10.8. The Balaban J connectivity index is 1.92. The molecule has 1 N–H and O–H groups in total. The molecule has 0 saturated heterocycles. The summed E-state index contributed by atoms with van der Waals surface area (Å²) in [4.78, 5) is 6.67. The Kier molecular flexibility index (Phi) is 4.00. The van der Waals surface area contributed by atoms with Gasteiger partial charge in [0, 0.05) is 18.8 Å². The minimum Gasteiger partial charge on any atom is -0.506 e. The van der Waals surface area contributed by atoms with Crippen LogP contribution < -0.4 is 0 Å². The van der Waals surface area contributed by atoms with Gasteiger partial charge in [0.1, 0.15) is 5.75 Å². The minimum atomic E-state index is 0.314. The van der Waals surface area contributed by atoms with Gasteiger partial charge in [0.2, 0.25) is 0 Å². The summed E-state index contributed by atoms with van der Waals surface area (Å²) < 4.78 is 0. The molecule has 1 aliphatic rings. The van der Waals surface area contributed by atoms with Crippen molar-refractivity contribution in [3.63, 3.8) is 0 Å². The molecule has 1 aromatic rings. The van der Waals surface area contributed by atoms with Crippen molar-refractivity contribution in [1.82, 2.24) is 9.88 Å². The maximum Gasteiger partial charge on any atom is 0.138 e. The minimum absolute atomic E-state index is 0.314. The summed E-state index contributed by atoms with van der Waals surface area (Å²) in [5, 5.41) is 9.76. The fraction of sp³-hybridized carbons (Fsp3) is 0.643. The van der Waals surface area contributed by atoms with Crippen LogP contribution in [0.15, 0.2) is 12.1 Å². The van der Waals surface area contributed by atoms with Crippen LogP contribution in [-0.4, -0.2) is 28.6 Å². The molecule has 0 spiro atoms. The Morgan fingerprint density at radius 3 is 2.76 bits per heavy atom. The van der Waals surface area contributed by atoms with Gasteiger partial charge in [-0.25, -0.2) is 0 Å². The quantitative estimate of drug-likeness (QED) is 0.870. The van der Waals surface area contributed by atoms with E-state index in [9.17, 15) is 5.11 Å². The van der Waals surface area contributed by atoms with Crippen LogP contribution in [-0.2, 0) is 6.54 Å². The molecular weight excluding hydrogens is 212 g/mol. The number of hydrogen-bond donors (Lipinski definition) is 1. The maximum absolute atomic E-state index is 9.76. The lowest BCUT2D eigenvalue weighted by atomic mass is 10.1. The maximum atomic E-state index is 9.76. The summed E-state index contributed by atoms with van der Waals surface area (Å²) in [6.45, 7) is 3.82. The van der Waals surface area contributed by atoms with E-state index in [1.54, 1.807) is 6.07 Å². The Bertz CT molecular complexity index is 372. The fourth-order valence-corrected chi connectivity index (χ4v) is 2.67. The van der Waals surface area contributed by atoms with Crippen molar-refractivity contribution in [2.45, 2.75) is 39.2 Å². The average molecular weight is 234 g/mol. The molecule has 17 heavy (non-hydrogen) atoms. The second-order valence-electron chi connectivity index (χ2n) is 5.27. The molecule has 1 aliphatic carbocycles. The first-order chi connectivity index (χ1) is 8.15. The topological polar surface area (TPSA) is 36.4 Å². The van der Waals surface area contributed by atoms with Crippen LogP contribution in [0.4, 0.5) is 0 Å². The molecule has 1 saturated carbocycles. The van der Waals surface area contributed by atoms with Crippen molar-refractivity contribution < 1.29 is 5.11 Å². The van der Waals surface area contributed by atoms with Gasteiger partial charge in [-0.2, -0.15) is 0 Å². The third-order valence-electron chi connectivity index (χ3n) is 3.55. The molecule has 3 heteroatoms. The molecule has 1 heterocycles. The summed E-state index contributed by atoms with van der Waals surface area (Å²) in [6, 6.07) is 3.58. The van der Waals surface area contributed by atoms with Gasteiger partial charge in [-0.05, 0) is 44.9 Å². The molecule has 1 aromatic heterocycles. The number of hydrogen-bond acceptors (Lipinski definition) is 3. The van der Waals surface area contributed by atoms with Gasteiger partial charge in [-0.1, -0.05) is 12.8 Å². The first-order valence-corrected chi connectivity index (χ1v) is 6.49. The lowest BCUT2D eigenvalue weighted by Crippen LogP contribution is -2.24. The van der Waals surface area contributed by atoms with Gasteiger partial charge < -0.3 is 10.0 Å². The predicted octanol–water partition coefficient (Wildman–Crippen LogP) is 2.72. The number of nitrogens with zero attached hydrogens (tertiary/aromatic N) is 2. The van der Waals surface area contributed by atoms with Crippen LogP contribution >= 0.6 is 0 Å². The monoisotopic (exact) mass is 234 g/mol. The summed E-state index contributed by atoms with van der Waals surface area (Å²) in [6.07, 6.45) is 5.48. The van der Waals surface area contributed by atoms with E-state index in [-0.39, 0.29) is 0 Å². The largest absolute Gasteiger partial charge is 0.506 e. The number of pyridine rings is 1. The predicted molar refractivity (Wildman–Crippen MR) is 68.9 cm³/mol. The van der Waals surface area contributed by atoms with E-state index in [2.05, 4.69) is 16.9 Å². The Morgan fingerprint density at radius 1 is 1.35 bits per heavy atom. The van der Waals surface area contributed by atoms with Crippen LogP contribution in [0.3, 0.4) is 0 Å². The van der Waals surface area contributed by atoms with Crippen molar-refractivity contribution in [3.8, 4) is 5.75 Å². The third kappa shape index (κ3) is 3.43. The van der Waals surface area contributed by atoms with E-state index in [0.717, 1.165) is 30.4 Å². The van der Waals surface area contributed by atoms with Gasteiger partial charge in [0.05, 0.1) is 5.69 Å². The van der Waals surface area contributed by atoms with Gasteiger partial charge in [-0.3, -0.25) is 4.98 Å². The average Bonchev–Trinajstić information content (AvgIpc) is 2.76. The molecule has 0 atom stereocenters. The number of aromatic nitrogens is 1. The van der Waals surface area contributed by atoms with Crippen LogP contribution in [0.2, 0.25) is 0 Å². The molecule has 0 aromatic carbocycles. The molecule has 0 bridgehead atoms. The summed E-state index contributed by atoms with van der Waals surface area (Å²) >= 11 is 0. The van der Waals surface area contributed by atoms with E-state index >= 15 is 0 Å². The van der Waals surface area contributed by atoms with Gasteiger partial charge in [0.25, 0.3) is 0 Å². The number of aromatic hydroxyl groups is 1. The highest BCUT2D eigenvalue weighted by atomic mass is 16.3. The normalized spacial score (nSPS) is 16.9. The van der Waals surface area contributed by atoms with Crippen molar-refractivity contribution in [1.29, 1.82) is 0 Å². The van der Waals surface area contributed by atoms with Crippen molar-refractivity contribution >= 4 is 0 Å². The summed E-state index contributed by atoms with van der Waals surface area (Å²) in [7, 11) is 2.11. The van der Waals surface area contributed by atoms with Crippen molar-refractivity contribution in [2.75, 3.05) is 13.6 Å². The zero-order chi connectivity index (χ0) is 12.3. The first-order valence-electron chi connectivity index (χ1n) is 6.49. The highest BCUT2D eigenvalue weighted by Crippen LogP contribution is 2.26. The van der Waals surface area contributed by atoms with Gasteiger partial charge in [-0.15, -0.1) is 0 Å². The molecule has 0 unspecified atom stereocenters. The highest BCUT2D eigenvalue weighted by molar-refractivity contribution is 5.27. The van der Waals surface area contributed by atoms with E-state index in [4.69, 9.17) is 0 Å². The summed E-state index contributed by atoms with van der Waals surface area (Å²) in [5.41, 5.74) is 1.76. The summed E-state index contributed by atoms with van der Waals surface area (Å²) in [5.74, 6) is 1.15. The zero-order valence-electron chi connectivity index (χ0n) is 10.8. The van der Waals surface area contributed by atoms with E-state index in [1.165, 1.54) is 25.7 Å². The lowest BCUT2D eigenvalue weighted by Gasteiger charge is -2.20. The number of aryl methyl sites for hydroxylation is 1. The van der Waals surface area contributed by atoms with E-state index in [1.807, 2.05) is 13.0 Å².